The summed E-state index contributed by atoms with van der Waals surface area (Å²) in [6.07, 6.45) is 2.91. The monoisotopic (exact) mass is 267 g/mol. The molecule has 0 spiro atoms. The zero-order chi connectivity index (χ0) is 13.1. The van der Waals surface area contributed by atoms with Crippen molar-refractivity contribution in [1.82, 2.24) is 0 Å². The van der Waals surface area contributed by atoms with Crippen LogP contribution < -0.4 is 16.4 Å². The van der Waals surface area contributed by atoms with E-state index in [0.29, 0.717) is 11.6 Å². The average molecular weight is 268 g/mol. The van der Waals surface area contributed by atoms with Gasteiger partial charge in [-0.2, -0.15) is 0 Å². The third-order valence-corrected chi connectivity index (χ3v) is 3.64. The number of nitrogens with two attached hydrogens (primary N) is 2. The lowest BCUT2D eigenvalue weighted by Crippen LogP contribution is -2.48. The zero-order valence-corrected chi connectivity index (χ0v) is 11.0. The van der Waals surface area contributed by atoms with Crippen LogP contribution in [0.2, 0.25) is 5.02 Å². The Labute approximate surface area is 112 Å². The van der Waals surface area contributed by atoms with Crippen LogP contribution in [0.15, 0.2) is 18.2 Å². The highest BCUT2D eigenvalue weighted by Crippen LogP contribution is 2.29. The zero-order valence-electron chi connectivity index (χ0n) is 10.2. The second kappa shape index (κ2) is 5.59. The number of hydrogen-bond acceptors (Lipinski definition) is 3. The highest BCUT2D eigenvalue weighted by atomic mass is 35.5. The van der Waals surface area contributed by atoms with Crippen LogP contribution in [-0.2, 0) is 11.3 Å². The number of primary amides is 1. The summed E-state index contributed by atoms with van der Waals surface area (Å²) in [5.74, 6) is -0.271. The summed E-state index contributed by atoms with van der Waals surface area (Å²) in [5.41, 5.74) is 13.2. The van der Waals surface area contributed by atoms with Crippen LogP contribution in [0.4, 0.5) is 5.69 Å². The van der Waals surface area contributed by atoms with Crippen LogP contribution in [0.25, 0.3) is 0 Å². The third kappa shape index (κ3) is 2.60. The molecule has 0 aromatic heterocycles. The maximum atomic E-state index is 11.5. The Morgan fingerprint density at radius 1 is 1.44 bits per heavy atom. The van der Waals surface area contributed by atoms with E-state index in [0.717, 1.165) is 37.1 Å². The molecule has 98 valence electrons. The van der Waals surface area contributed by atoms with Gasteiger partial charge in [-0.25, -0.2) is 0 Å². The van der Waals surface area contributed by atoms with Crippen molar-refractivity contribution in [3.05, 3.63) is 28.8 Å². The molecule has 4 nitrogen and oxygen atoms in total. The molecule has 1 aromatic rings. The number of amides is 1. The van der Waals surface area contributed by atoms with Crippen molar-refractivity contribution in [3.63, 3.8) is 0 Å². The van der Waals surface area contributed by atoms with E-state index in [4.69, 9.17) is 23.1 Å². The Kier molecular flexibility index (Phi) is 4.09. The van der Waals surface area contributed by atoms with Gasteiger partial charge < -0.3 is 16.4 Å². The van der Waals surface area contributed by atoms with Crippen LogP contribution in [0.5, 0.6) is 0 Å². The Hall–Kier alpha value is -1.26. The molecular weight excluding hydrogens is 250 g/mol. The number of hydrogen-bond donors (Lipinski definition) is 2. The van der Waals surface area contributed by atoms with Crippen molar-refractivity contribution in [2.75, 3.05) is 11.4 Å². The maximum absolute atomic E-state index is 11.5. The van der Waals surface area contributed by atoms with E-state index in [1.54, 1.807) is 0 Å². The number of carbonyl (C=O) groups is 1. The van der Waals surface area contributed by atoms with E-state index < -0.39 is 0 Å². The summed E-state index contributed by atoms with van der Waals surface area (Å²) < 4.78 is 0. The van der Waals surface area contributed by atoms with Crippen molar-refractivity contribution in [2.45, 2.75) is 31.8 Å². The Morgan fingerprint density at radius 2 is 2.22 bits per heavy atom. The first kappa shape index (κ1) is 13.2. The normalized spacial score (nSPS) is 19.9. The second-order valence-corrected chi connectivity index (χ2v) is 5.02. The SMILES string of the molecule is NCc1cc(Cl)ccc1N1CCCCC1C(N)=O. The molecule has 2 rings (SSSR count). The molecule has 1 aliphatic rings. The van der Waals surface area contributed by atoms with E-state index in [1.807, 2.05) is 18.2 Å². The third-order valence-electron chi connectivity index (χ3n) is 3.40. The van der Waals surface area contributed by atoms with Gasteiger partial charge in [0.25, 0.3) is 0 Å². The fourth-order valence-corrected chi connectivity index (χ4v) is 2.71. The molecule has 0 aliphatic carbocycles. The van der Waals surface area contributed by atoms with E-state index in [-0.39, 0.29) is 11.9 Å². The topological polar surface area (TPSA) is 72.3 Å². The summed E-state index contributed by atoms with van der Waals surface area (Å²) >= 11 is 5.97. The minimum Gasteiger partial charge on any atom is -0.368 e. The first-order valence-corrected chi connectivity index (χ1v) is 6.55. The maximum Gasteiger partial charge on any atom is 0.240 e. The van der Waals surface area contributed by atoms with Crippen LogP contribution in [0.3, 0.4) is 0 Å². The molecule has 0 radical (unpaired) electrons. The van der Waals surface area contributed by atoms with Crippen LogP contribution in [0.1, 0.15) is 24.8 Å². The number of nitrogens with zero attached hydrogens (tertiary/aromatic N) is 1. The number of piperidine rings is 1. The molecule has 4 N–H and O–H groups in total. The van der Waals surface area contributed by atoms with Gasteiger partial charge in [0.05, 0.1) is 0 Å². The van der Waals surface area contributed by atoms with Gasteiger partial charge in [-0.15, -0.1) is 0 Å². The minimum atomic E-state index is -0.271. The lowest BCUT2D eigenvalue weighted by Gasteiger charge is -2.36. The standard InChI is InChI=1S/C13H18ClN3O/c14-10-4-5-11(9(7-10)8-15)17-6-2-1-3-12(17)13(16)18/h4-5,7,12H,1-3,6,8,15H2,(H2,16,18). The Morgan fingerprint density at radius 3 is 2.89 bits per heavy atom. The van der Waals surface area contributed by atoms with Gasteiger partial charge in [0.2, 0.25) is 5.91 Å². The molecule has 1 unspecified atom stereocenters. The summed E-state index contributed by atoms with van der Waals surface area (Å²) in [5, 5.41) is 0.659. The molecule has 0 bridgehead atoms. The van der Waals surface area contributed by atoms with E-state index in [9.17, 15) is 4.79 Å². The number of anilines is 1. The van der Waals surface area contributed by atoms with Gasteiger partial charge in [0, 0.05) is 23.8 Å². The van der Waals surface area contributed by atoms with Crippen molar-refractivity contribution in [1.29, 1.82) is 0 Å². The van der Waals surface area contributed by atoms with Crippen molar-refractivity contribution in [2.24, 2.45) is 11.5 Å². The molecule has 18 heavy (non-hydrogen) atoms. The predicted molar refractivity (Wildman–Crippen MR) is 73.5 cm³/mol. The lowest BCUT2D eigenvalue weighted by molar-refractivity contribution is -0.119. The molecule has 5 heteroatoms. The molecule has 1 fully saturated rings. The van der Waals surface area contributed by atoms with Gasteiger partial charge >= 0.3 is 0 Å². The fraction of sp³-hybridized carbons (Fsp3) is 0.462. The highest BCUT2D eigenvalue weighted by Gasteiger charge is 2.28. The molecule has 1 saturated heterocycles. The first-order chi connectivity index (χ1) is 8.63. The summed E-state index contributed by atoms with van der Waals surface area (Å²) in [6.45, 7) is 1.24. The molecule has 1 heterocycles. The summed E-state index contributed by atoms with van der Waals surface area (Å²) in [7, 11) is 0. The minimum absolute atomic E-state index is 0.231. The second-order valence-electron chi connectivity index (χ2n) is 4.58. The fourth-order valence-electron chi connectivity index (χ4n) is 2.51. The molecule has 1 aromatic carbocycles. The van der Waals surface area contributed by atoms with Gasteiger partial charge in [-0.05, 0) is 43.0 Å². The lowest BCUT2D eigenvalue weighted by atomic mass is 9.99. The Bertz CT molecular complexity index is 450. The van der Waals surface area contributed by atoms with E-state index in [2.05, 4.69) is 4.90 Å². The number of benzene rings is 1. The van der Waals surface area contributed by atoms with Crippen molar-refractivity contribution < 1.29 is 4.79 Å². The first-order valence-electron chi connectivity index (χ1n) is 6.18. The highest BCUT2D eigenvalue weighted by molar-refractivity contribution is 6.30. The molecule has 1 atom stereocenters. The predicted octanol–water partition coefficient (Wildman–Crippen LogP) is 1.64. The van der Waals surface area contributed by atoms with E-state index in [1.165, 1.54) is 0 Å². The van der Waals surface area contributed by atoms with Crippen LogP contribution in [-0.4, -0.2) is 18.5 Å². The van der Waals surface area contributed by atoms with Crippen LogP contribution in [0, 0.1) is 0 Å². The molecule has 0 saturated carbocycles. The molecule has 1 amide bonds. The van der Waals surface area contributed by atoms with Gasteiger partial charge in [0.15, 0.2) is 0 Å². The van der Waals surface area contributed by atoms with Crippen LogP contribution >= 0.6 is 11.6 Å². The van der Waals surface area contributed by atoms with E-state index >= 15 is 0 Å². The number of rotatable bonds is 3. The van der Waals surface area contributed by atoms with Gasteiger partial charge in [-0.3, -0.25) is 4.79 Å². The molecule has 1 aliphatic heterocycles. The van der Waals surface area contributed by atoms with Crippen molar-refractivity contribution >= 4 is 23.2 Å². The smallest absolute Gasteiger partial charge is 0.240 e. The van der Waals surface area contributed by atoms with Crippen molar-refractivity contribution in [3.8, 4) is 0 Å². The van der Waals surface area contributed by atoms with Gasteiger partial charge in [0.1, 0.15) is 6.04 Å². The Balaban J connectivity index is 2.36. The summed E-state index contributed by atoms with van der Waals surface area (Å²) in [6, 6.07) is 5.36. The van der Waals surface area contributed by atoms with Gasteiger partial charge in [-0.1, -0.05) is 11.6 Å². The number of carbonyl (C=O) groups excluding carboxylic acids is 1. The quantitative estimate of drug-likeness (QED) is 0.875. The molecular formula is C13H18ClN3O. The average Bonchev–Trinajstić information content (AvgIpc) is 2.38. The number of halogens is 1. The summed E-state index contributed by atoms with van der Waals surface area (Å²) in [4.78, 5) is 13.6. The largest absolute Gasteiger partial charge is 0.368 e.